The maximum Gasteiger partial charge on any atom is 0.295 e. The number of phenols is 2. The summed E-state index contributed by atoms with van der Waals surface area (Å²) in [6.45, 7) is 0. The summed E-state index contributed by atoms with van der Waals surface area (Å²) in [4.78, 5) is -3.05. The molecule has 0 radical (unpaired) electrons. The molecule has 24 heteroatoms. The van der Waals surface area contributed by atoms with E-state index >= 15 is 0 Å². The lowest BCUT2D eigenvalue weighted by Gasteiger charge is -2.12. The summed E-state index contributed by atoms with van der Waals surface area (Å²) in [5.74, 6) is -1.31. The molecule has 20 nitrogen and oxygen atoms in total. The Morgan fingerprint density at radius 1 is 0.429 bits per heavy atom. The van der Waals surface area contributed by atoms with Gasteiger partial charge in [-0.1, -0.05) is 24.3 Å². The number of phenolic OH excluding ortho intramolecular Hbond substituents is 2. The van der Waals surface area contributed by atoms with Gasteiger partial charge in [0.15, 0.2) is 0 Å². The van der Waals surface area contributed by atoms with Gasteiger partial charge in [-0.05, 0) is 59.3 Å². The van der Waals surface area contributed by atoms with Crippen molar-refractivity contribution < 1.29 is 62.1 Å². The first-order valence-corrected chi connectivity index (χ1v) is 20.8. The first-order chi connectivity index (χ1) is 25.9. The number of fused-ring (bicyclic) bond motifs is 2. The van der Waals surface area contributed by atoms with E-state index in [-0.39, 0.29) is 55.7 Å². The Labute approximate surface area is 316 Å². The molecule has 0 heterocycles. The fourth-order valence-electron chi connectivity index (χ4n) is 5.58. The largest absolute Gasteiger partial charge is 0.507 e. The fourth-order valence-corrected chi connectivity index (χ4v) is 8.10. The minimum atomic E-state index is -5.17. The number of anilines is 2. The van der Waals surface area contributed by atoms with Crippen LogP contribution in [-0.4, -0.2) is 62.1 Å². The van der Waals surface area contributed by atoms with E-state index in [4.69, 9.17) is 11.5 Å². The van der Waals surface area contributed by atoms with Gasteiger partial charge >= 0.3 is 0 Å². The number of hydrogen-bond donors (Lipinski definition) is 8. The van der Waals surface area contributed by atoms with Crippen molar-refractivity contribution in [2.45, 2.75) is 19.6 Å². The molecule has 56 heavy (non-hydrogen) atoms. The molecular weight excluding hydrogens is 821 g/mol. The second kappa shape index (κ2) is 13.9. The molecule has 6 aromatic carbocycles. The first kappa shape index (κ1) is 39.6. The van der Waals surface area contributed by atoms with Gasteiger partial charge in [0.25, 0.3) is 40.5 Å². The molecule has 0 spiro atoms. The van der Waals surface area contributed by atoms with Crippen molar-refractivity contribution in [1.29, 1.82) is 0 Å². The van der Waals surface area contributed by atoms with Gasteiger partial charge in [-0.25, -0.2) is 0 Å². The molecule has 0 amide bonds. The molecule has 6 rings (SSSR count). The number of nitrogens with zero attached hydrogens (tertiary/aromatic N) is 4. The average molecular weight is 845 g/mol. The topological polar surface area (TPSA) is 359 Å². The van der Waals surface area contributed by atoms with Gasteiger partial charge in [-0.2, -0.15) is 43.9 Å². The predicted octanol–water partition coefficient (Wildman–Crippen LogP) is 6.05. The third-order valence-corrected chi connectivity index (χ3v) is 11.5. The van der Waals surface area contributed by atoms with Crippen molar-refractivity contribution >= 4 is 96.1 Å². The number of rotatable bonds is 9. The molecule has 0 aliphatic heterocycles. The summed E-state index contributed by atoms with van der Waals surface area (Å²) in [5.41, 5.74) is 10.1. The van der Waals surface area contributed by atoms with Gasteiger partial charge in [0.05, 0.1) is 43.3 Å². The van der Waals surface area contributed by atoms with Gasteiger partial charge in [0.1, 0.15) is 32.7 Å². The normalized spacial score (nSPS) is 13.0. The maximum atomic E-state index is 12.6. The van der Waals surface area contributed by atoms with Crippen LogP contribution in [0.4, 0.5) is 34.1 Å². The third-order valence-electron chi connectivity index (χ3n) is 8.05. The molecule has 6 aromatic rings. The van der Waals surface area contributed by atoms with Crippen molar-refractivity contribution in [3.8, 4) is 22.6 Å². The summed E-state index contributed by atoms with van der Waals surface area (Å²) < 4.78 is 136. The smallest absolute Gasteiger partial charge is 0.295 e. The van der Waals surface area contributed by atoms with Crippen molar-refractivity contribution in [2.24, 2.45) is 20.5 Å². The number of nitrogens with two attached hydrogens (primary N) is 2. The standard InChI is InChI=1S/C32H24N6O14S4/c33-23-7-1-15-9-19(53(41,42)43)13-25(39)29(15)31(23)37-35-17-3-5-21(27(11-17)55(47,48)49)22-6-4-18(12-28(22)56(50,51)52)36-38-32-24(34)8-2-16-10-20(54(44,45)46)14-26(40)30(16)32/h1-14,39-40H,33-34H2,(H,41,42,43)(H,44,45,46)(H,47,48,49)(H,50,51,52). The third kappa shape index (κ3) is 7.84. The predicted molar refractivity (Wildman–Crippen MR) is 200 cm³/mol. The van der Waals surface area contributed by atoms with E-state index < -0.39 is 82.7 Å². The molecule has 0 fully saturated rings. The Morgan fingerprint density at radius 3 is 1.11 bits per heavy atom. The van der Waals surface area contributed by atoms with E-state index in [1.807, 2.05) is 0 Å². The van der Waals surface area contributed by atoms with Gasteiger partial charge in [-0.3, -0.25) is 18.2 Å². The van der Waals surface area contributed by atoms with Crippen molar-refractivity contribution in [2.75, 3.05) is 11.5 Å². The van der Waals surface area contributed by atoms with Crippen LogP contribution >= 0.6 is 0 Å². The van der Waals surface area contributed by atoms with Crippen LogP contribution in [0.15, 0.2) is 125 Å². The Hall–Kier alpha value is -6.12. The zero-order valence-corrected chi connectivity index (χ0v) is 30.9. The number of aromatic hydroxyl groups is 2. The first-order valence-electron chi connectivity index (χ1n) is 15.1. The highest BCUT2D eigenvalue weighted by Gasteiger charge is 2.25. The maximum absolute atomic E-state index is 12.6. The lowest BCUT2D eigenvalue weighted by Crippen LogP contribution is -2.05. The van der Waals surface area contributed by atoms with Crippen molar-refractivity contribution in [1.82, 2.24) is 0 Å². The summed E-state index contributed by atoms with van der Waals surface area (Å²) >= 11 is 0. The Bertz CT molecular complexity index is 2980. The molecule has 10 N–H and O–H groups in total. The summed E-state index contributed by atoms with van der Waals surface area (Å²) in [6, 6.07) is 14.8. The van der Waals surface area contributed by atoms with Crippen LogP contribution in [0.2, 0.25) is 0 Å². The van der Waals surface area contributed by atoms with E-state index in [1.54, 1.807) is 0 Å². The van der Waals surface area contributed by atoms with E-state index in [0.717, 1.165) is 60.7 Å². The molecule has 0 aliphatic carbocycles. The van der Waals surface area contributed by atoms with Crippen LogP contribution < -0.4 is 11.5 Å². The molecular formula is C32H24N6O14S4. The number of azo groups is 2. The second-order valence-corrected chi connectivity index (χ2v) is 17.4. The molecule has 0 bridgehead atoms. The Morgan fingerprint density at radius 2 is 0.786 bits per heavy atom. The monoisotopic (exact) mass is 844 g/mol. The highest BCUT2D eigenvalue weighted by Crippen LogP contribution is 2.43. The number of benzene rings is 6. The minimum Gasteiger partial charge on any atom is -0.507 e. The van der Waals surface area contributed by atoms with Crippen LogP contribution in [0.3, 0.4) is 0 Å². The lowest BCUT2D eigenvalue weighted by atomic mass is 10.0. The molecule has 0 unspecified atom stereocenters. The van der Waals surface area contributed by atoms with E-state index in [0.29, 0.717) is 0 Å². The fraction of sp³-hybridized carbons (Fsp3) is 0. The summed E-state index contributed by atoms with van der Waals surface area (Å²) in [6.07, 6.45) is 0. The molecule has 0 aromatic heterocycles. The Balaban J connectivity index is 1.43. The van der Waals surface area contributed by atoms with Gasteiger partial charge in [-0.15, -0.1) is 10.2 Å². The molecule has 0 atom stereocenters. The van der Waals surface area contributed by atoms with Gasteiger partial charge in [0, 0.05) is 23.3 Å². The van der Waals surface area contributed by atoms with E-state index in [9.17, 15) is 62.1 Å². The van der Waals surface area contributed by atoms with Crippen LogP contribution in [0.25, 0.3) is 32.7 Å². The zero-order chi connectivity index (χ0) is 41.1. The zero-order valence-electron chi connectivity index (χ0n) is 27.6. The van der Waals surface area contributed by atoms with Crippen LogP contribution in [0.1, 0.15) is 0 Å². The number of nitrogen functional groups attached to an aromatic ring is 2. The lowest BCUT2D eigenvalue weighted by molar-refractivity contribution is 0.470. The highest BCUT2D eigenvalue weighted by molar-refractivity contribution is 7.86. The Kier molecular flexibility index (Phi) is 9.80. The molecule has 0 saturated heterocycles. The highest BCUT2D eigenvalue weighted by atomic mass is 32.2. The van der Waals surface area contributed by atoms with E-state index in [2.05, 4.69) is 20.5 Å². The van der Waals surface area contributed by atoms with Crippen LogP contribution in [0.5, 0.6) is 11.5 Å². The summed E-state index contributed by atoms with van der Waals surface area (Å²) in [7, 11) is -19.8. The van der Waals surface area contributed by atoms with Crippen LogP contribution in [-0.2, 0) is 40.5 Å². The van der Waals surface area contributed by atoms with E-state index in [1.165, 1.54) is 24.3 Å². The molecule has 0 saturated carbocycles. The van der Waals surface area contributed by atoms with Crippen molar-refractivity contribution in [3.63, 3.8) is 0 Å². The van der Waals surface area contributed by atoms with Gasteiger partial charge < -0.3 is 21.7 Å². The average Bonchev–Trinajstić information content (AvgIpc) is 3.09. The summed E-state index contributed by atoms with van der Waals surface area (Å²) in [5, 5.41) is 36.9. The van der Waals surface area contributed by atoms with Gasteiger partial charge in [0.2, 0.25) is 0 Å². The SMILES string of the molecule is Nc1ccc2cc(S(=O)(=O)O)cc(O)c2c1N=Nc1ccc(-c2ccc(N=Nc3c(N)ccc4cc(S(=O)(=O)O)cc(O)c34)cc2S(=O)(=O)O)c(S(=O)(=O)O)c1. The minimum absolute atomic E-state index is 0.0657. The second-order valence-electron chi connectivity index (χ2n) is 11.7. The number of hydrogen-bond acceptors (Lipinski definition) is 16. The molecule has 290 valence electrons. The molecule has 0 aliphatic rings. The quantitative estimate of drug-likeness (QED) is 0.0466. The van der Waals surface area contributed by atoms with Crippen LogP contribution in [0, 0.1) is 0 Å². The van der Waals surface area contributed by atoms with Crippen molar-refractivity contribution in [3.05, 3.63) is 84.9 Å².